The highest BCUT2D eigenvalue weighted by Gasteiger charge is 2.70. The van der Waals surface area contributed by atoms with Crippen molar-refractivity contribution < 1.29 is 0 Å². The van der Waals surface area contributed by atoms with E-state index in [1.54, 1.807) is 0 Å². The van der Waals surface area contributed by atoms with E-state index in [-0.39, 0.29) is 10.8 Å². The first kappa shape index (κ1) is 19.1. The van der Waals surface area contributed by atoms with Crippen LogP contribution in [0.15, 0.2) is 121 Å². The lowest BCUT2D eigenvalue weighted by Gasteiger charge is -2.28. The minimum atomic E-state index is -0.0495. The van der Waals surface area contributed by atoms with E-state index in [1.165, 1.54) is 44.5 Å². The summed E-state index contributed by atoms with van der Waals surface area (Å²) >= 11 is 0. The van der Waals surface area contributed by atoms with E-state index in [0.29, 0.717) is 0 Å². The lowest BCUT2D eigenvalue weighted by Crippen LogP contribution is -2.20. The molecule has 0 heterocycles. The summed E-state index contributed by atoms with van der Waals surface area (Å²) < 4.78 is 0. The van der Waals surface area contributed by atoms with Gasteiger partial charge in [-0.05, 0) is 44.5 Å². The molecule has 2 aliphatic rings. The van der Waals surface area contributed by atoms with Gasteiger partial charge in [0.2, 0.25) is 0 Å². The molecule has 0 bridgehead atoms. The summed E-state index contributed by atoms with van der Waals surface area (Å²) in [5, 5.41) is 0. The molecule has 2 aliphatic carbocycles. The second-order valence-corrected chi connectivity index (χ2v) is 9.21. The Hall–Kier alpha value is -3.64. The molecule has 0 fully saturated rings. The molecule has 0 atom stereocenters. The highest BCUT2D eigenvalue weighted by atomic mass is 14.7. The standard InChI is InChI=1S/C32H26/c1-31(27(23-15-7-3-8-16-23)28(31)24-17-9-4-10-18-24)32(2)29(25-19-11-5-12-20-25)30(32)26-21-13-6-14-22-26/h3-22H,1-2H3. The molecule has 0 radical (unpaired) electrons. The normalized spacial score (nSPS) is 17.9. The van der Waals surface area contributed by atoms with Crippen molar-refractivity contribution in [1.82, 2.24) is 0 Å². The smallest absolute Gasteiger partial charge is 0.0328 e. The van der Waals surface area contributed by atoms with Gasteiger partial charge in [-0.25, -0.2) is 0 Å². The Labute approximate surface area is 190 Å². The summed E-state index contributed by atoms with van der Waals surface area (Å²) in [6, 6.07) is 43.8. The van der Waals surface area contributed by atoms with E-state index in [1.807, 2.05) is 0 Å². The average Bonchev–Trinajstić information content (AvgIpc) is 3.72. The molecule has 6 rings (SSSR count). The van der Waals surface area contributed by atoms with Gasteiger partial charge < -0.3 is 0 Å². The zero-order chi connectivity index (χ0) is 21.8. The molecule has 0 nitrogen and oxygen atoms in total. The topological polar surface area (TPSA) is 0 Å². The molecule has 0 saturated heterocycles. The lowest BCUT2D eigenvalue weighted by molar-refractivity contribution is 0.463. The largest absolute Gasteiger partial charge is 0.0622 e. The molecule has 0 heteroatoms. The van der Waals surface area contributed by atoms with E-state index in [4.69, 9.17) is 0 Å². The summed E-state index contributed by atoms with van der Waals surface area (Å²) in [7, 11) is 0. The zero-order valence-corrected chi connectivity index (χ0v) is 18.5. The predicted octanol–water partition coefficient (Wildman–Crippen LogP) is 8.25. The quantitative estimate of drug-likeness (QED) is 0.311. The van der Waals surface area contributed by atoms with E-state index < -0.39 is 0 Å². The number of hydrogen-bond acceptors (Lipinski definition) is 0. The van der Waals surface area contributed by atoms with Crippen LogP contribution in [0.1, 0.15) is 36.1 Å². The van der Waals surface area contributed by atoms with Crippen LogP contribution in [0.2, 0.25) is 0 Å². The Balaban J connectivity index is 1.53. The Bertz CT molecular complexity index is 1130. The van der Waals surface area contributed by atoms with Crippen LogP contribution < -0.4 is 0 Å². The van der Waals surface area contributed by atoms with Gasteiger partial charge in [-0.3, -0.25) is 0 Å². The monoisotopic (exact) mass is 410 g/mol. The first-order valence-corrected chi connectivity index (χ1v) is 11.4. The molecule has 4 aromatic carbocycles. The van der Waals surface area contributed by atoms with Crippen molar-refractivity contribution in [2.24, 2.45) is 10.8 Å². The highest BCUT2D eigenvalue weighted by Crippen LogP contribution is 2.83. The first-order valence-electron chi connectivity index (χ1n) is 11.4. The third-order valence-corrected chi connectivity index (χ3v) is 7.62. The van der Waals surface area contributed by atoms with Gasteiger partial charge in [0.25, 0.3) is 0 Å². The van der Waals surface area contributed by atoms with Crippen molar-refractivity contribution in [1.29, 1.82) is 0 Å². The first-order chi connectivity index (χ1) is 15.7. The zero-order valence-electron chi connectivity index (χ0n) is 18.5. The third kappa shape index (κ3) is 2.56. The van der Waals surface area contributed by atoms with Crippen LogP contribution in [-0.4, -0.2) is 0 Å². The summed E-state index contributed by atoms with van der Waals surface area (Å²) in [6.45, 7) is 4.91. The molecule has 0 aromatic heterocycles. The second-order valence-electron chi connectivity index (χ2n) is 9.21. The predicted molar refractivity (Wildman–Crippen MR) is 136 cm³/mol. The molecule has 0 unspecified atom stereocenters. The molecule has 0 N–H and O–H groups in total. The van der Waals surface area contributed by atoms with Gasteiger partial charge in [-0.2, -0.15) is 0 Å². The van der Waals surface area contributed by atoms with E-state index in [0.717, 1.165) is 0 Å². The van der Waals surface area contributed by atoms with Gasteiger partial charge in [0.1, 0.15) is 0 Å². The molecular weight excluding hydrogens is 384 g/mol. The molecule has 0 saturated carbocycles. The van der Waals surface area contributed by atoms with Gasteiger partial charge in [0.15, 0.2) is 0 Å². The van der Waals surface area contributed by atoms with Gasteiger partial charge in [-0.15, -0.1) is 0 Å². The van der Waals surface area contributed by atoms with Crippen LogP contribution in [-0.2, 0) is 0 Å². The van der Waals surface area contributed by atoms with Gasteiger partial charge in [-0.1, -0.05) is 135 Å². The van der Waals surface area contributed by atoms with Crippen LogP contribution in [0.25, 0.3) is 22.3 Å². The highest BCUT2D eigenvalue weighted by molar-refractivity contribution is 6.26. The van der Waals surface area contributed by atoms with Gasteiger partial charge in [0.05, 0.1) is 0 Å². The Morgan fingerprint density at radius 2 is 0.500 bits per heavy atom. The maximum Gasteiger partial charge on any atom is 0.0328 e. The molecule has 0 spiro atoms. The van der Waals surface area contributed by atoms with E-state index in [2.05, 4.69) is 135 Å². The Kier molecular flexibility index (Phi) is 4.13. The van der Waals surface area contributed by atoms with Crippen molar-refractivity contribution in [2.45, 2.75) is 13.8 Å². The maximum absolute atomic E-state index is 2.45. The second kappa shape index (κ2) is 6.93. The minimum Gasteiger partial charge on any atom is -0.0622 e. The Morgan fingerprint density at radius 3 is 0.688 bits per heavy atom. The van der Waals surface area contributed by atoms with Gasteiger partial charge in [0, 0.05) is 10.8 Å². The number of rotatable bonds is 5. The van der Waals surface area contributed by atoms with Crippen molar-refractivity contribution in [3.8, 4) is 0 Å². The maximum atomic E-state index is 2.45. The molecule has 0 aliphatic heterocycles. The third-order valence-electron chi connectivity index (χ3n) is 7.62. The van der Waals surface area contributed by atoms with Crippen LogP contribution in [0.5, 0.6) is 0 Å². The fourth-order valence-corrected chi connectivity index (χ4v) is 5.90. The van der Waals surface area contributed by atoms with Crippen LogP contribution in [0, 0.1) is 10.8 Å². The molecular formula is C32H26. The fourth-order valence-electron chi connectivity index (χ4n) is 5.90. The Morgan fingerprint density at radius 1 is 0.312 bits per heavy atom. The minimum absolute atomic E-state index is 0.0495. The van der Waals surface area contributed by atoms with Crippen LogP contribution in [0.3, 0.4) is 0 Å². The average molecular weight is 411 g/mol. The number of hydrogen-bond donors (Lipinski definition) is 0. The van der Waals surface area contributed by atoms with Crippen molar-refractivity contribution in [2.75, 3.05) is 0 Å². The lowest BCUT2D eigenvalue weighted by atomic mass is 9.73. The fraction of sp³-hybridized carbons (Fsp3) is 0.125. The van der Waals surface area contributed by atoms with Crippen LogP contribution >= 0.6 is 0 Å². The number of allylic oxidation sites excluding steroid dienone is 4. The van der Waals surface area contributed by atoms with Crippen molar-refractivity contribution >= 4 is 22.3 Å². The summed E-state index contributed by atoms with van der Waals surface area (Å²) in [5.74, 6) is 0. The summed E-state index contributed by atoms with van der Waals surface area (Å²) in [4.78, 5) is 0. The summed E-state index contributed by atoms with van der Waals surface area (Å²) in [5.41, 5.74) is 11.2. The summed E-state index contributed by atoms with van der Waals surface area (Å²) in [6.07, 6.45) is 0. The van der Waals surface area contributed by atoms with Gasteiger partial charge >= 0.3 is 0 Å². The molecule has 4 aromatic rings. The molecule has 32 heavy (non-hydrogen) atoms. The molecule has 0 amide bonds. The van der Waals surface area contributed by atoms with Crippen molar-refractivity contribution in [3.63, 3.8) is 0 Å². The van der Waals surface area contributed by atoms with E-state index >= 15 is 0 Å². The number of benzene rings is 4. The van der Waals surface area contributed by atoms with E-state index in [9.17, 15) is 0 Å². The van der Waals surface area contributed by atoms with Crippen molar-refractivity contribution in [3.05, 3.63) is 144 Å². The van der Waals surface area contributed by atoms with Crippen LogP contribution in [0.4, 0.5) is 0 Å². The molecule has 154 valence electrons. The SMILES string of the molecule is CC1(C2(C)C(c3ccccc3)=C2c2ccccc2)C(c2ccccc2)=C1c1ccccc1.